The smallest absolute Gasteiger partial charge is 0.238 e. The molecule has 0 bridgehead atoms. The van der Waals surface area contributed by atoms with Gasteiger partial charge in [0.15, 0.2) is 0 Å². The quantitative estimate of drug-likeness (QED) is 0.867. The summed E-state index contributed by atoms with van der Waals surface area (Å²) >= 11 is 0. The van der Waals surface area contributed by atoms with E-state index >= 15 is 0 Å². The Hall–Kier alpha value is -1.42. The van der Waals surface area contributed by atoms with Gasteiger partial charge in [0.25, 0.3) is 0 Å². The number of benzene rings is 1. The molecular formula is C16H23FN2O. The Balaban J connectivity index is 1.69. The van der Waals surface area contributed by atoms with Gasteiger partial charge in [-0.1, -0.05) is 13.3 Å². The van der Waals surface area contributed by atoms with Crippen LogP contribution in [0.1, 0.15) is 39.0 Å². The van der Waals surface area contributed by atoms with Crippen molar-refractivity contribution >= 4 is 11.6 Å². The van der Waals surface area contributed by atoms with Gasteiger partial charge in [-0.2, -0.15) is 0 Å². The van der Waals surface area contributed by atoms with Crippen molar-refractivity contribution in [1.82, 2.24) is 5.32 Å². The first-order valence-corrected chi connectivity index (χ1v) is 7.46. The SMILES string of the molecule is CCC1CCC(NCC(=O)Nc2ccc(F)cc2)CC1. The average molecular weight is 278 g/mol. The third kappa shape index (κ3) is 4.60. The molecule has 2 rings (SSSR count). The van der Waals surface area contributed by atoms with E-state index in [2.05, 4.69) is 17.6 Å². The van der Waals surface area contributed by atoms with Crippen LogP contribution in [-0.4, -0.2) is 18.5 Å². The summed E-state index contributed by atoms with van der Waals surface area (Å²) in [6.07, 6.45) is 6.09. The van der Waals surface area contributed by atoms with Gasteiger partial charge in [0.1, 0.15) is 5.82 Å². The van der Waals surface area contributed by atoms with E-state index in [1.807, 2.05) is 0 Å². The number of amides is 1. The van der Waals surface area contributed by atoms with Gasteiger partial charge >= 0.3 is 0 Å². The highest BCUT2D eigenvalue weighted by Gasteiger charge is 2.19. The Bertz CT molecular complexity index is 425. The van der Waals surface area contributed by atoms with Crippen molar-refractivity contribution in [3.05, 3.63) is 30.1 Å². The number of carbonyl (C=O) groups is 1. The van der Waals surface area contributed by atoms with Crippen LogP contribution in [0, 0.1) is 11.7 Å². The second-order valence-electron chi connectivity index (χ2n) is 5.56. The summed E-state index contributed by atoms with van der Waals surface area (Å²) in [5.74, 6) is 0.490. The molecule has 1 saturated carbocycles. The number of halogens is 1. The Morgan fingerprint density at radius 2 is 1.85 bits per heavy atom. The van der Waals surface area contributed by atoms with Crippen LogP contribution < -0.4 is 10.6 Å². The zero-order chi connectivity index (χ0) is 14.4. The van der Waals surface area contributed by atoms with E-state index in [0.29, 0.717) is 18.3 Å². The third-order valence-electron chi connectivity index (χ3n) is 4.10. The Morgan fingerprint density at radius 3 is 2.45 bits per heavy atom. The molecule has 0 aromatic heterocycles. The highest BCUT2D eigenvalue weighted by molar-refractivity contribution is 5.92. The molecule has 0 atom stereocenters. The molecule has 0 spiro atoms. The van der Waals surface area contributed by atoms with Gasteiger partial charge in [-0.15, -0.1) is 0 Å². The first-order valence-electron chi connectivity index (χ1n) is 7.46. The summed E-state index contributed by atoms with van der Waals surface area (Å²) in [6.45, 7) is 2.56. The van der Waals surface area contributed by atoms with E-state index < -0.39 is 0 Å². The zero-order valence-electron chi connectivity index (χ0n) is 12.0. The molecular weight excluding hydrogens is 255 g/mol. The topological polar surface area (TPSA) is 41.1 Å². The minimum absolute atomic E-state index is 0.0748. The lowest BCUT2D eigenvalue weighted by atomic mass is 9.84. The largest absolute Gasteiger partial charge is 0.325 e. The molecule has 2 N–H and O–H groups in total. The highest BCUT2D eigenvalue weighted by atomic mass is 19.1. The highest BCUT2D eigenvalue weighted by Crippen LogP contribution is 2.26. The van der Waals surface area contributed by atoms with Crippen molar-refractivity contribution in [3.8, 4) is 0 Å². The second-order valence-corrected chi connectivity index (χ2v) is 5.56. The van der Waals surface area contributed by atoms with Gasteiger partial charge in [-0.25, -0.2) is 4.39 Å². The van der Waals surface area contributed by atoms with Crippen LogP contribution in [0.15, 0.2) is 24.3 Å². The molecule has 1 aromatic rings. The van der Waals surface area contributed by atoms with Gasteiger partial charge in [0, 0.05) is 11.7 Å². The van der Waals surface area contributed by atoms with Crippen molar-refractivity contribution in [1.29, 1.82) is 0 Å². The minimum atomic E-state index is -0.297. The molecule has 3 nitrogen and oxygen atoms in total. The van der Waals surface area contributed by atoms with Crippen LogP contribution in [0.2, 0.25) is 0 Å². The number of hydrogen-bond donors (Lipinski definition) is 2. The molecule has 1 amide bonds. The number of carbonyl (C=O) groups excluding carboxylic acids is 1. The fourth-order valence-electron chi connectivity index (χ4n) is 2.75. The van der Waals surface area contributed by atoms with Crippen molar-refractivity contribution < 1.29 is 9.18 Å². The number of nitrogens with one attached hydrogen (secondary N) is 2. The van der Waals surface area contributed by atoms with Gasteiger partial charge in [0.05, 0.1) is 6.54 Å². The Labute approximate surface area is 120 Å². The van der Waals surface area contributed by atoms with Gasteiger partial charge < -0.3 is 10.6 Å². The van der Waals surface area contributed by atoms with Gasteiger partial charge in [-0.3, -0.25) is 4.79 Å². The third-order valence-corrected chi connectivity index (χ3v) is 4.10. The minimum Gasteiger partial charge on any atom is -0.325 e. The maximum absolute atomic E-state index is 12.8. The van der Waals surface area contributed by atoms with Crippen LogP contribution in [0.5, 0.6) is 0 Å². The molecule has 1 fully saturated rings. The summed E-state index contributed by atoms with van der Waals surface area (Å²) in [5, 5.41) is 6.07. The number of anilines is 1. The monoisotopic (exact) mass is 278 g/mol. The van der Waals surface area contributed by atoms with E-state index in [1.54, 1.807) is 12.1 Å². The van der Waals surface area contributed by atoms with Crippen molar-refractivity contribution in [3.63, 3.8) is 0 Å². The first-order chi connectivity index (χ1) is 9.67. The Kier molecular flexibility index (Phi) is 5.53. The molecule has 0 heterocycles. The van der Waals surface area contributed by atoms with Crippen molar-refractivity contribution in [2.24, 2.45) is 5.92 Å². The molecule has 0 unspecified atom stereocenters. The summed E-state index contributed by atoms with van der Waals surface area (Å²) in [5.41, 5.74) is 0.632. The molecule has 4 heteroatoms. The first kappa shape index (κ1) is 15.0. The fraction of sp³-hybridized carbons (Fsp3) is 0.562. The molecule has 110 valence electrons. The summed E-state index contributed by atoms with van der Waals surface area (Å²) in [7, 11) is 0. The van der Waals surface area contributed by atoms with E-state index in [1.165, 1.54) is 31.4 Å². The van der Waals surface area contributed by atoms with Crippen molar-refractivity contribution in [2.75, 3.05) is 11.9 Å². The van der Waals surface area contributed by atoms with Crippen molar-refractivity contribution in [2.45, 2.75) is 45.1 Å². The van der Waals surface area contributed by atoms with Gasteiger partial charge in [0.2, 0.25) is 5.91 Å². The maximum Gasteiger partial charge on any atom is 0.238 e. The molecule has 1 aliphatic rings. The Morgan fingerprint density at radius 1 is 1.20 bits per heavy atom. The average Bonchev–Trinajstić information content (AvgIpc) is 2.48. The standard InChI is InChI=1S/C16H23FN2O/c1-2-12-3-7-14(8-4-12)18-11-16(20)19-15-9-5-13(17)6-10-15/h5-6,9-10,12,14,18H,2-4,7-8,11H2,1H3,(H,19,20). The van der Waals surface area contributed by atoms with E-state index in [4.69, 9.17) is 0 Å². The second kappa shape index (κ2) is 7.39. The number of hydrogen-bond acceptors (Lipinski definition) is 2. The normalized spacial score (nSPS) is 22.5. The van der Waals surface area contributed by atoms with E-state index in [9.17, 15) is 9.18 Å². The summed E-state index contributed by atoms with van der Waals surface area (Å²) < 4.78 is 12.8. The predicted molar refractivity (Wildman–Crippen MR) is 79.1 cm³/mol. The van der Waals surface area contributed by atoms with E-state index in [-0.39, 0.29) is 11.7 Å². The van der Waals surface area contributed by atoms with Crippen LogP contribution in [0.4, 0.5) is 10.1 Å². The predicted octanol–water partition coefficient (Wildman–Crippen LogP) is 3.32. The zero-order valence-corrected chi connectivity index (χ0v) is 12.0. The van der Waals surface area contributed by atoms with Crippen LogP contribution >= 0.6 is 0 Å². The lowest BCUT2D eigenvalue weighted by molar-refractivity contribution is -0.115. The van der Waals surface area contributed by atoms with Crippen LogP contribution in [-0.2, 0) is 4.79 Å². The molecule has 0 aliphatic heterocycles. The fourth-order valence-corrected chi connectivity index (χ4v) is 2.75. The maximum atomic E-state index is 12.8. The number of rotatable bonds is 5. The van der Waals surface area contributed by atoms with E-state index in [0.717, 1.165) is 18.8 Å². The lowest BCUT2D eigenvalue weighted by Crippen LogP contribution is -2.38. The van der Waals surface area contributed by atoms with Crippen LogP contribution in [0.25, 0.3) is 0 Å². The molecule has 1 aliphatic carbocycles. The molecule has 1 aromatic carbocycles. The van der Waals surface area contributed by atoms with Crippen LogP contribution in [0.3, 0.4) is 0 Å². The van der Waals surface area contributed by atoms with Gasteiger partial charge in [-0.05, 0) is 55.9 Å². The lowest BCUT2D eigenvalue weighted by Gasteiger charge is -2.28. The molecule has 0 radical (unpaired) electrons. The summed E-state index contributed by atoms with van der Waals surface area (Å²) in [4.78, 5) is 11.8. The summed E-state index contributed by atoms with van der Waals surface area (Å²) in [6, 6.07) is 6.28. The molecule has 20 heavy (non-hydrogen) atoms. The molecule has 0 saturated heterocycles.